The molecule has 4 aliphatic rings. The van der Waals surface area contributed by atoms with Crippen molar-refractivity contribution < 1.29 is 28.8 Å². The van der Waals surface area contributed by atoms with Crippen molar-refractivity contribution in [3.63, 3.8) is 0 Å². The number of amides is 2. The summed E-state index contributed by atoms with van der Waals surface area (Å²) >= 11 is 24.1. The smallest absolute Gasteiger partial charge is 0.339 e. The number of fused-ring (bicyclic) bond motifs is 4. The molecule has 0 spiro atoms. The number of hydroxylamine groups is 2. The molecule has 0 unspecified atom stereocenters. The van der Waals surface area contributed by atoms with Gasteiger partial charge < -0.3 is 9.57 Å². The topological polar surface area (TPSA) is 90.0 Å². The van der Waals surface area contributed by atoms with Crippen LogP contribution in [0.1, 0.15) is 59.2 Å². The third kappa shape index (κ3) is 2.86. The van der Waals surface area contributed by atoms with Crippen LogP contribution in [0.2, 0.25) is 20.1 Å². The van der Waals surface area contributed by atoms with Crippen LogP contribution in [0, 0.1) is 10.8 Å². The van der Waals surface area contributed by atoms with Gasteiger partial charge in [-0.05, 0) is 38.5 Å². The summed E-state index contributed by atoms with van der Waals surface area (Å²) in [6, 6.07) is 0. The van der Waals surface area contributed by atoms with Crippen molar-refractivity contribution in [2.75, 3.05) is 7.11 Å². The lowest BCUT2D eigenvalue weighted by molar-refractivity contribution is -0.194. The van der Waals surface area contributed by atoms with Crippen molar-refractivity contribution in [1.82, 2.24) is 5.06 Å². The van der Waals surface area contributed by atoms with E-state index >= 15 is 0 Å². The molecule has 0 saturated heterocycles. The monoisotopic (exact) mass is 493 g/mol. The van der Waals surface area contributed by atoms with Crippen molar-refractivity contribution in [3.05, 3.63) is 31.2 Å². The van der Waals surface area contributed by atoms with Gasteiger partial charge in [-0.15, -0.1) is 0 Å². The predicted molar refractivity (Wildman–Crippen MR) is 108 cm³/mol. The molecule has 3 aliphatic carbocycles. The lowest BCUT2D eigenvalue weighted by Crippen LogP contribution is -2.51. The molecule has 5 rings (SSSR count). The van der Waals surface area contributed by atoms with E-state index in [1.807, 2.05) is 0 Å². The van der Waals surface area contributed by atoms with Crippen molar-refractivity contribution in [2.45, 2.75) is 38.5 Å². The van der Waals surface area contributed by atoms with Gasteiger partial charge in [0.15, 0.2) is 0 Å². The molecule has 3 saturated carbocycles. The summed E-state index contributed by atoms with van der Waals surface area (Å²) in [5.74, 6) is -2.87. The first-order chi connectivity index (χ1) is 14.1. The Morgan fingerprint density at radius 2 is 1.10 bits per heavy atom. The van der Waals surface area contributed by atoms with E-state index in [0.717, 1.165) is 0 Å². The number of hydrogen-bond acceptors (Lipinski definition) is 6. The molecule has 1 aromatic carbocycles. The minimum atomic E-state index is -0.944. The van der Waals surface area contributed by atoms with Crippen LogP contribution < -0.4 is 0 Å². The van der Waals surface area contributed by atoms with Crippen LogP contribution in [-0.4, -0.2) is 35.9 Å². The molecule has 3 fully saturated rings. The Labute approximate surface area is 191 Å². The molecule has 0 N–H and O–H groups in total. The molecule has 1 aliphatic heterocycles. The maximum Gasteiger partial charge on any atom is 0.339 e. The summed E-state index contributed by atoms with van der Waals surface area (Å²) in [4.78, 5) is 56.0. The Morgan fingerprint density at radius 1 is 0.733 bits per heavy atom. The number of esters is 1. The lowest BCUT2D eigenvalue weighted by Gasteiger charge is -2.49. The third-order valence-electron chi connectivity index (χ3n) is 6.54. The van der Waals surface area contributed by atoms with Gasteiger partial charge in [0.2, 0.25) is 0 Å². The molecule has 2 amide bonds. The summed E-state index contributed by atoms with van der Waals surface area (Å²) in [7, 11) is 1.35. The Kier molecular flexibility index (Phi) is 5.25. The largest absolute Gasteiger partial charge is 0.469 e. The SMILES string of the molecule is COC(=O)C12CCC(C(=O)ON3C(=O)c4c(Cl)c(Cl)c(Cl)c(Cl)c4C3=O)(CC1)CC2. The molecule has 1 aromatic rings. The molecular formula is C19H15Cl4NO6. The Hall–Kier alpha value is -1.54. The second kappa shape index (κ2) is 7.26. The molecule has 30 heavy (non-hydrogen) atoms. The number of imide groups is 1. The van der Waals surface area contributed by atoms with Gasteiger partial charge in [-0.25, -0.2) is 4.79 Å². The summed E-state index contributed by atoms with van der Waals surface area (Å²) in [6.45, 7) is 0. The van der Waals surface area contributed by atoms with Gasteiger partial charge in [0.25, 0.3) is 11.8 Å². The summed E-state index contributed by atoms with van der Waals surface area (Å²) in [6.07, 6.45) is 2.59. The fraction of sp³-hybridized carbons (Fsp3) is 0.474. The third-order valence-corrected chi connectivity index (χ3v) is 8.34. The Balaban J connectivity index is 1.58. The van der Waals surface area contributed by atoms with Crippen molar-refractivity contribution in [3.8, 4) is 0 Å². The quantitative estimate of drug-likeness (QED) is 0.258. The normalized spacial score (nSPS) is 27.3. The summed E-state index contributed by atoms with van der Waals surface area (Å²) in [5.41, 5.74) is -1.99. The fourth-order valence-corrected chi connectivity index (χ4v) is 5.62. The zero-order valence-electron chi connectivity index (χ0n) is 15.7. The first-order valence-corrected chi connectivity index (χ1v) is 10.7. The van der Waals surface area contributed by atoms with Crippen molar-refractivity contribution in [1.29, 1.82) is 0 Å². The van der Waals surface area contributed by atoms with Crippen LogP contribution in [0.5, 0.6) is 0 Å². The van der Waals surface area contributed by atoms with E-state index in [-0.39, 0.29) is 37.2 Å². The predicted octanol–water partition coefficient (Wildman–Crippen LogP) is 4.87. The maximum absolute atomic E-state index is 13.0. The summed E-state index contributed by atoms with van der Waals surface area (Å²) < 4.78 is 4.92. The van der Waals surface area contributed by atoms with Crippen molar-refractivity contribution >= 4 is 70.2 Å². The number of hydrogen-bond donors (Lipinski definition) is 0. The van der Waals surface area contributed by atoms with E-state index < -0.39 is 28.6 Å². The molecule has 160 valence electrons. The molecular weight excluding hydrogens is 480 g/mol. The molecule has 7 nitrogen and oxygen atoms in total. The number of ether oxygens (including phenoxy) is 1. The number of nitrogens with zero attached hydrogens (tertiary/aromatic N) is 1. The van der Waals surface area contributed by atoms with Gasteiger partial charge in [-0.3, -0.25) is 14.4 Å². The number of halogens is 4. The van der Waals surface area contributed by atoms with E-state index in [4.69, 9.17) is 56.0 Å². The zero-order valence-corrected chi connectivity index (χ0v) is 18.7. The first kappa shape index (κ1) is 21.7. The highest BCUT2D eigenvalue weighted by Crippen LogP contribution is 2.58. The molecule has 2 bridgehead atoms. The van der Waals surface area contributed by atoms with Crippen LogP contribution in [0.15, 0.2) is 0 Å². The maximum atomic E-state index is 13.0. The Morgan fingerprint density at radius 3 is 1.47 bits per heavy atom. The van der Waals surface area contributed by atoms with Gasteiger partial charge in [-0.1, -0.05) is 51.5 Å². The number of methoxy groups -OCH3 is 1. The van der Waals surface area contributed by atoms with Gasteiger partial charge in [-0.2, -0.15) is 0 Å². The van der Waals surface area contributed by atoms with E-state index in [9.17, 15) is 19.2 Å². The van der Waals surface area contributed by atoms with Crippen LogP contribution in [0.25, 0.3) is 0 Å². The first-order valence-electron chi connectivity index (χ1n) is 9.14. The van der Waals surface area contributed by atoms with E-state index in [2.05, 4.69) is 0 Å². The van der Waals surface area contributed by atoms with E-state index in [1.54, 1.807) is 0 Å². The van der Waals surface area contributed by atoms with Crippen LogP contribution >= 0.6 is 46.4 Å². The number of rotatable bonds is 3. The van der Waals surface area contributed by atoms with Gasteiger partial charge >= 0.3 is 11.9 Å². The highest BCUT2D eigenvalue weighted by atomic mass is 35.5. The standard InChI is InChI=1S/C19H15Cl4NO6/c1-29-16(27)18-2-5-19(6-3-18,7-4-18)17(28)30-24-14(25)8-9(15(24)26)11(21)13(23)12(22)10(8)20/h2-7H2,1H3. The van der Waals surface area contributed by atoms with Crippen LogP contribution in [0.3, 0.4) is 0 Å². The molecule has 0 atom stereocenters. The average Bonchev–Trinajstić information content (AvgIpc) is 3.01. The second-order valence-corrected chi connectivity index (χ2v) is 9.35. The number of benzene rings is 1. The average molecular weight is 495 g/mol. The van der Waals surface area contributed by atoms with Gasteiger partial charge in [0, 0.05) is 0 Å². The highest BCUT2D eigenvalue weighted by molar-refractivity contribution is 6.55. The number of carbonyl (C=O) groups is 4. The molecule has 0 radical (unpaired) electrons. The summed E-state index contributed by atoms with van der Waals surface area (Å²) in [5, 5.41) is -0.478. The van der Waals surface area contributed by atoms with Crippen molar-refractivity contribution in [2.24, 2.45) is 10.8 Å². The highest BCUT2D eigenvalue weighted by Gasteiger charge is 2.58. The van der Waals surface area contributed by atoms with E-state index in [1.165, 1.54) is 7.11 Å². The minimum absolute atomic E-state index is 0.172. The van der Waals surface area contributed by atoms with Crippen LogP contribution in [0.4, 0.5) is 0 Å². The molecule has 1 heterocycles. The van der Waals surface area contributed by atoms with Gasteiger partial charge in [0.05, 0.1) is 49.2 Å². The Bertz CT molecular complexity index is 951. The fourth-order valence-electron chi connectivity index (χ4n) is 4.61. The number of carbonyl (C=O) groups excluding carboxylic acids is 4. The van der Waals surface area contributed by atoms with Gasteiger partial charge in [0.1, 0.15) is 0 Å². The van der Waals surface area contributed by atoms with Crippen LogP contribution in [-0.2, 0) is 19.2 Å². The molecule has 11 heteroatoms. The second-order valence-electron chi connectivity index (χ2n) is 7.84. The lowest BCUT2D eigenvalue weighted by atomic mass is 9.53. The zero-order chi connectivity index (χ0) is 22.0. The van der Waals surface area contributed by atoms with E-state index in [0.29, 0.717) is 43.6 Å². The molecule has 0 aromatic heterocycles. The minimum Gasteiger partial charge on any atom is -0.469 e.